The minimum Gasteiger partial charge on any atom is -0.508 e. The lowest BCUT2D eigenvalue weighted by Gasteiger charge is -2.38. The summed E-state index contributed by atoms with van der Waals surface area (Å²) in [5, 5.41) is 10.7. The molecule has 0 bridgehead atoms. The lowest BCUT2D eigenvalue weighted by atomic mass is 10.1. The molecule has 7 heteroatoms. The van der Waals surface area contributed by atoms with Gasteiger partial charge in [0.15, 0.2) is 5.75 Å². The van der Waals surface area contributed by atoms with Crippen molar-refractivity contribution < 1.29 is 26.5 Å². The Morgan fingerprint density at radius 2 is 1.83 bits per heavy atom. The van der Waals surface area contributed by atoms with Crippen LogP contribution in [0.2, 0.25) is 0 Å². The zero-order valence-corrected chi connectivity index (χ0v) is 20.0. The molecule has 0 unspecified atom stereocenters. The Morgan fingerprint density at radius 1 is 1.11 bits per heavy atom. The topological polar surface area (TPSA) is 59.0 Å². The number of phenolic OH excluding ortho intramolecular Hbond substituents is 1. The van der Waals surface area contributed by atoms with Gasteiger partial charge >= 0.3 is 0 Å². The third-order valence-corrected chi connectivity index (χ3v) is 6.90. The number of hydrogen-bond acceptors (Lipinski definition) is 6. The summed E-state index contributed by atoms with van der Waals surface area (Å²) in [6, 6.07) is 19.3. The number of fused-ring (bicyclic) bond motifs is 1. The smallest absolute Gasteiger partial charge is 0.206 e. The molecule has 0 spiro atoms. The van der Waals surface area contributed by atoms with Gasteiger partial charge in [0, 0.05) is 38.0 Å². The van der Waals surface area contributed by atoms with E-state index in [-0.39, 0.29) is 24.1 Å². The van der Waals surface area contributed by atoms with Gasteiger partial charge in [-0.1, -0.05) is 29.8 Å². The first kappa shape index (κ1) is 20.9. The number of aryl methyl sites for hydroxylation is 1. The Kier molecular flexibility index (Phi) is 6.01. The van der Waals surface area contributed by atoms with Crippen LogP contribution in [0.4, 0.5) is 4.39 Å². The van der Waals surface area contributed by atoms with E-state index in [1.807, 2.05) is 19.1 Å². The number of aromatic hydroxyl groups is 1. The molecule has 2 heterocycles. The van der Waals surface area contributed by atoms with Gasteiger partial charge in [-0.2, -0.15) is 0 Å². The fraction of sp³-hybridized carbons (Fsp3) is 0.250. The Balaban J connectivity index is 1.33. The second-order valence-corrected chi connectivity index (χ2v) is 9.50. The molecule has 0 radical (unpaired) electrons. The fourth-order valence-corrected chi connectivity index (χ4v) is 5.01. The van der Waals surface area contributed by atoms with Crippen molar-refractivity contribution in [3.8, 4) is 23.0 Å². The number of alkyl halides is 1. The Labute approximate surface area is 210 Å². The monoisotopic (exact) mass is 493 g/mol. The van der Waals surface area contributed by atoms with Gasteiger partial charge in [0.1, 0.15) is 28.2 Å². The van der Waals surface area contributed by atoms with E-state index in [2.05, 4.69) is 0 Å². The summed E-state index contributed by atoms with van der Waals surface area (Å²) in [6.07, 6.45) is -0.328. The average molecular weight is 494 g/mol. The number of ketones is 1. The van der Waals surface area contributed by atoms with Crippen LogP contribution in [0.5, 0.6) is 23.0 Å². The SMILES string of the molecule is [2H]C([2H])(CCF)N1CC(Oc2ccc(Oc3c(C(=O)c4ccc(C)cc4)sc4cc(O)ccc34)cc2)C1. The summed E-state index contributed by atoms with van der Waals surface area (Å²) in [6.45, 7) is 0.382. The van der Waals surface area contributed by atoms with Crippen LogP contribution in [0.3, 0.4) is 0 Å². The van der Waals surface area contributed by atoms with Crippen molar-refractivity contribution in [2.45, 2.75) is 19.4 Å². The first-order valence-corrected chi connectivity index (χ1v) is 12.2. The number of halogens is 1. The van der Waals surface area contributed by atoms with Crippen LogP contribution >= 0.6 is 11.3 Å². The molecular formula is C28H26FNO4S. The zero-order chi connectivity index (χ0) is 26.2. The summed E-state index contributed by atoms with van der Waals surface area (Å²) < 4.78 is 41.2. The summed E-state index contributed by atoms with van der Waals surface area (Å²) in [7, 11) is 0. The quantitative estimate of drug-likeness (QED) is 0.275. The number of rotatable bonds is 9. The zero-order valence-electron chi connectivity index (χ0n) is 21.2. The molecule has 1 fully saturated rings. The molecule has 5 rings (SSSR count). The first-order chi connectivity index (χ1) is 17.7. The van der Waals surface area contributed by atoms with Crippen molar-refractivity contribution >= 4 is 27.2 Å². The van der Waals surface area contributed by atoms with Gasteiger partial charge in [0.25, 0.3) is 0 Å². The van der Waals surface area contributed by atoms with Crippen LogP contribution < -0.4 is 9.47 Å². The predicted octanol–water partition coefficient (Wildman–Crippen LogP) is 6.36. The van der Waals surface area contributed by atoms with E-state index >= 15 is 0 Å². The van der Waals surface area contributed by atoms with Gasteiger partial charge in [-0.15, -0.1) is 11.3 Å². The van der Waals surface area contributed by atoms with Gasteiger partial charge in [-0.3, -0.25) is 14.1 Å². The summed E-state index contributed by atoms with van der Waals surface area (Å²) in [5.41, 5.74) is 1.62. The van der Waals surface area contributed by atoms with E-state index in [1.54, 1.807) is 59.5 Å². The standard InChI is InChI=1S/C28H26FNO4S/c1-18-3-5-19(6-4-18)26(32)28-27(24-12-7-20(31)15-25(24)35-28)34-22-10-8-21(9-11-22)33-23-16-30(17-23)14-2-13-29/h3-12,15,23,31H,2,13-14,16-17H2,1H3/i14D2. The van der Waals surface area contributed by atoms with E-state index < -0.39 is 13.2 Å². The number of likely N-dealkylation sites (tertiary alicyclic amines) is 1. The number of thiophene rings is 1. The minimum atomic E-state index is -1.67. The molecule has 3 aromatic carbocycles. The van der Waals surface area contributed by atoms with Crippen molar-refractivity contribution in [3.63, 3.8) is 0 Å². The molecule has 180 valence electrons. The second kappa shape index (κ2) is 10.1. The van der Waals surface area contributed by atoms with Gasteiger partial charge in [0.05, 0.1) is 6.67 Å². The molecule has 0 saturated carbocycles. The van der Waals surface area contributed by atoms with Gasteiger partial charge < -0.3 is 14.6 Å². The molecule has 1 aliphatic rings. The van der Waals surface area contributed by atoms with Crippen LogP contribution in [0.25, 0.3) is 10.1 Å². The molecule has 35 heavy (non-hydrogen) atoms. The number of nitrogens with zero attached hydrogens (tertiary/aromatic N) is 1. The first-order valence-electron chi connectivity index (χ1n) is 12.4. The largest absolute Gasteiger partial charge is 0.508 e. The number of phenols is 1. The van der Waals surface area contributed by atoms with Crippen LogP contribution in [0, 0.1) is 6.92 Å². The minimum absolute atomic E-state index is 0.114. The van der Waals surface area contributed by atoms with E-state index in [0.717, 1.165) is 15.6 Å². The number of hydrogen-bond donors (Lipinski definition) is 1. The van der Waals surface area contributed by atoms with Gasteiger partial charge in [0.2, 0.25) is 5.78 Å². The predicted molar refractivity (Wildman–Crippen MR) is 136 cm³/mol. The Morgan fingerprint density at radius 3 is 2.54 bits per heavy atom. The molecule has 0 atom stereocenters. The molecular weight excluding hydrogens is 465 g/mol. The Hall–Kier alpha value is -3.42. The molecule has 0 aliphatic carbocycles. The van der Waals surface area contributed by atoms with Crippen LogP contribution in [0.15, 0.2) is 66.7 Å². The van der Waals surface area contributed by atoms with Gasteiger partial charge in [-0.25, -0.2) is 0 Å². The highest BCUT2D eigenvalue weighted by atomic mass is 32.1. The lowest BCUT2D eigenvalue weighted by Crippen LogP contribution is -2.53. The average Bonchev–Trinajstić information content (AvgIpc) is 3.19. The number of carbonyl (C=O) groups is 1. The molecule has 1 N–H and O–H groups in total. The van der Waals surface area contributed by atoms with Crippen LogP contribution in [-0.4, -0.2) is 48.2 Å². The van der Waals surface area contributed by atoms with Crippen LogP contribution in [-0.2, 0) is 0 Å². The van der Waals surface area contributed by atoms with Crippen molar-refractivity contribution in [2.24, 2.45) is 0 Å². The normalized spacial score (nSPS) is 15.4. The van der Waals surface area contributed by atoms with E-state index in [0.29, 0.717) is 40.8 Å². The van der Waals surface area contributed by atoms with Crippen molar-refractivity contribution in [3.05, 3.63) is 82.7 Å². The number of ether oxygens (including phenoxy) is 2. The maximum Gasteiger partial charge on any atom is 0.206 e. The highest BCUT2D eigenvalue weighted by molar-refractivity contribution is 7.21. The molecule has 4 aromatic rings. The van der Waals surface area contributed by atoms with E-state index in [9.17, 15) is 14.3 Å². The van der Waals surface area contributed by atoms with Gasteiger partial charge in [-0.05, 0) is 55.8 Å². The summed E-state index contributed by atoms with van der Waals surface area (Å²) in [4.78, 5) is 15.4. The third-order valence-electron chi connectivity index (χ3n) is 5.77. The van der Waals surface area contributed by atoms with Crippen molar-refractivity contribution in [1.82, 2.24) is 4.90 Å². The third kappa shape index (κ3) is 5.16. The highest BCUT2D eigenvalue weighted by Crippen LogP contribution is 2.42. The van der Waals surface area contributed by atoms with E-state index in [4.69, 9.17) is 12.2 Å². The van der Waals surface area contributed by atoms with E-state index in [1.165, 1.54) is 11.3 Å². The molecule has 1 saturated heterocycles. The maximum absolute atomic E-state index is 13.4. The molecule has 5 nitrogen and oxygen atoms in total. The van der Waals surface area contributed by atoms with Crippen LogP contribution in [0.1, 0.15) is 30.0 Å². The lowest BCUT2D eigenvalue weighted by molar-refractivity contribution is 0.0184. The second-order valence-electron chi connectivity index (χ2n) is 8.45. The highest BCUT2D eigenvalue weighted by Gasteiger charge is 2.28. The fourth-order valence-electron chi connectivity index (χ4n) is 3.89. The Bertz CT molecular complexity index is 1420. The number of carbonyl (C=O) groups excluding carboxylic acids is 1. The van der Waals surface area contributed by atoms with Crippen molar-refractivity contribution in [1.29, 1.82) is 0 Å². The molecule has 1 aromatic heterocycles. The molecule has 0 amide bonds. The maximum atomic E-state index is 13.4. The summed E-state index contributed by atoms with van der Waals surface area (Å²) >= 11 is 1.27. The molecule has 1 aliphatic heterocycles. The summed E-state index contributed by atoms with van der Waals surface area (Å²) in [5.74, 6) is 1.52. The number of benzene rings is 3. The van der Waals surface area contributed by atoms with Crippen molar-refractivity contribution in [2.75, 3.05) is 26.3 Å².